The first-order valence-corrected chi connectivity index (χ1v) is 8.27. The average molecular weight is 379 g/mol. The first-order chi connectivity index (χ1) is 9.84. The molecule has 2 aromatic heterocycles. The molecular weight excluding hydrogens is 367 g/mol. The zero-order valence-corrected chi connectivity index (χ0v) is 12.7. The van der Waals surface area contributed by atoms with Gasteiger partial charge in [0.2, 0.25) is 0 Å². The molecule has 0 spiro atoms. The van der Waals surface area contributed by atoms with E-state index in [4.69, 9.17) is 8.80 Å². The molecular formula is C14H12IN4O-. The Morgan fingerprint density at radius 2 is 2.15 bits per heavy atom. The summed E-state index contributed by atoms with van der Waals surface area (Å²) in [7, 11) is 0. The van der Waals surface area contributed by atoms with Crippen molar-refractivity contribution in [3.8, 4) is 11.3 Å². The summed E-state index contributed by atoms with van der Waals surface area (Å²) < 4.78 is 9.37. The van der Waals surface area contributed by atoms with E-state index >= 15 is 0 Å². The molecule has 0 saturated carbocycles. The van der Waals surface area contributed by atoms with Gasteiger partial charge >= 0.3 is 126 Å². The van der Waals surface area contributed by atoms with Gasteiger partial charge in [-0.2, -0.15) is 0 Å². The van der Waals surface area contributed by atoms with Crippen molar-refractivity contribution in [2.24, 2.45) is 0 Å². The van der Waals surface area contributed by atoms with Crippen LogP contribution in [0, 0.1) is 3.70 Å². The molecule has 20 heavy (non-hydrogen) atoms. The molecule has 0 amide bonds. The third-order valence-corrected chi connectivity index (χ3v) is 5.65. The Labute approximate surface area is 126 Å². The number of anilines is 1. The molecule has 0 aliphatic carbocycles. The van der Waals surface area contributed by atoms with Gasteiger partial charge < -0.3 is 0 Å². The molecule has 1 aliphatic rings. The molecule has 2 N–H and O–H groups in total. The van der Waals surface area contributed by atoms with Crippen LogP contribution < -0.4 is 27.4 Å². The second-order valence-electron chi connectivity index (χ2n) is 4.53. The molecule has 0 bridgehead atoms. The number of rotatable bonds is 1. The van der Waals surface area contributed by atoms with E-state index < -0.39 is 21.6 Å². The van der Waals surface area contributed by atoms with E-state index in [9.17, 15) is 0 Å². The van der Waals surface area contributed by atoms with Crippen LogP contribution in [0.15, 0.2) is 36.5 Å². The normalized spacial score (nSPS) is 14.8. The predicted octanol–water partition coefficient (Wildman–Crippen LogP) is -1.12. The predicted molar refractivity (Wildman–Crippen MR) is 72.0 cm³/mol. The summed E-state index contributed by atoms with van der Waals surface area (Å²) in [4.78, 5) is 8.37. The summed E-state index contributed by atoms with van der Waals surface area (Å²) in [5, 5.41) is 1.21. The van der Waals surface area contributed by atoms with Gasteiger partial charge in [-0.3, -0.25) is 0 Å². The molecule has 1 aliphatic heterocycles. The van der Waals surface area contributed by atoms with Gasteiger partial charge in [-0.15, -0.1) is 0 Å². The maximum absolute atomic E-state index is 5.73. The van der Waals surface area contributed by atoms with Crippen molar-refractivity contribution in [2.75, 3.05) is 12.3 Å². The van der Waals surface area contributed by atoms with Gasteiger partial charge in [0.05, 0.1) is 0 Å². The minimum absolute atomic E-state index is 0.307. The van der Waals surface area contributed by atoms with Crippen molar-refractivity contribution in [2.45, 2.75) is 6.54 Å². The summed E-state index contributed by atoms with van der Waals surface area (Å²) in [5.74, 6) is 0.307. The van der Waals surface area contributed by atoms with Crippen molar-refractivity contribution in [3.05, 3.63) is 40.2 Å². The summed E-state index contributed by atoms with van der Waals surface area (Å²) >= 11 is -0.449. The minimum atomic E-state index is -0.449. The third-order valence-electron chi connectivity index (χ3n) is 3.36. The van der Waals surface area contributed by atoms with Crippen LogP contribution in [-0.2, 0) is 9.61 Å². The number of hydrogen-bond donors (Lipinski definition) is 1. The Kier molecular flexibility index (Phi) is 2.85. The second kappa shape index (κ2) is 4.71. The molecule has 3 aromatic rings. The molecule has 0 radical (unpaired) electrons. The van der Waals surface area contributed by atoms with Crippen molar-refractivity contribution >= 4 is 16.9 Å². The summed E-state index contributed by atoms with van der Waals surface area (Å²) in [6.45, 7) is 1.69. The molecule has 1 aromatic carbocycles. The van der Waals surface area contributed by atoms with Gasteiger partial charge in [0, 0.05) is 0 Å². The number of halogens is 1. The van der Waals surface area contributed by atoms with Gasteiger partial charge in [0.1, 0.15) is 0 Å². The maximum atomic E-state index is 5.73. The second-order valence-corrected chi connectivity index (χ2v) is 6.61. The number of nitrogens with zero attached hydrogens (tertiary/aromatic N) is 3. The number of benzene rings is 1. The van der Waals surface area contributed by atoms with Gasteiger partial charge in [-0.1, -0.05) is 0 Å². The summed E-state index contributed by atoms with van der Waals surface area (Å²) in [6.07, 6.45) is 1.71. The molecule has 0 unspecified atom stereocenters. The number of para-hydroxylation sites is 1. The molecule has 6 heteroatoms. The first-order valence-electron chi connectivity index (χ1n) is 6.31. The number of fused-ring (bicyclic) bond motifs is 3. The van der Waals surface area contributed by atoms with Crippen LogP contribution in [-0.4, -0.2) is 21.1 Å². The zero-order valence-electron chi connectivity index (χ0n) is 10.6. The molecule has 3 heterocycles. The SMILES string of the molecule is Nc1nccc(-c2c3n(c4ccccc24)CCO[I-]3)n1. The molecule has 102 valence electrons. The quantitative estimate of drug-likeness (QED) is 0.545. The molecule has 0 saturated heterocycles. The zero-order chi connectivity index (χ0) is 13.5. The molecule has 0 fully saturated rings. The van der Waals surface area contributed by atoms with Crippen molar-refractivity contribution in [1.29, 1.82) is 0 Å². The Bertz CT molecular complexity index is 799. The average Bonchev–Trinajstić information content (AvgIpc) is 2.82. The Hall–Kier alpha value is -1.67. The third kappa shape index (κ3) is 1.79. The number of nitrogen functional groups attached to an aromatic ring is 1. The van der Waals surface area contributed by atoms with Gasteiger partial charge in [-0.25, -0.2) is 0 Å². The van der Waals surface area contributed by atoms with Crippen LogP contribution in [0.2, 0.25) is 0 Å². The van der Waals surface area contributed by atoms with Crippen LogP contribution in [0.1, 0.15) is 0 Å². The molecule has 4 rings (SSSR count). The van der Waals surface area contributed by atoms with Crippen molar-refractivity contribution < 1.29 is 24.7 Å². The van der Waals surface area contributed by atoms with Gasteiger partial charge in [0.25, 0.3) is 0 Å². The van der Waals surface area contributed by atoms with Crippen LogP contribution in [0.4, 0.5) is 5.95 Å². The summed E-state index contributed by atoms with van der Waals surface area (Å²) in [6, 6.07) is 10.3. The number of aromatic nitrogens is 3. The van der Waals surface area contributed by atoms with E-state index in [1.807, 2.05) is 6.07 Å². The van der Waals surface area contributed by atoms with E-state index in [1.165, 1.54) is 14.6 Å². The van der Waals surface area contributed by atoms with Crippen molar-refractivity contribution in [3.63, 3.8) is 0 Å². The summed E-state index contributed by atoms with van der Waals surface area (Å²) in [5.41, 5.74) is 9.02. The van der Waals surface area contributed by atoms with Gasteiger partial charge in [0.15, 0.2) is 0 Å². The fourth-order valence-corrected chi connectivity index (χ4v) is 4.78. The Morgan fingerprint density at radius 1 is 1.25 bits per heavy atom. The first kappa shape index (κ1) is 12.1. The van der Waals surface area contributed by atoms with E-state index in [0.717, 1.165) is 24.4 Å². The van der Waals surface area contributed by atoms with Crippen LogP contribution in [0.5, 0.6) is 0 Å². The number of hydrogen-bond acceptors (Lipinski definition) is 4. The van der Waals surface area contributed by atoms with Crippen LogP contribution in [0.25, 0.3) is 22.2 Å². The topological polar surface area (TPSA) is 66.0 Å². The Morgan fingerprint density at radius 3 is 3.05 bits per heavy atom. The van der Waals surface area contributed by atoms with Crippen LogP contribution >= 0.6 is 0 Å². The van der Waals surface area contributed by atoms with Crippen molar-refractivity contribution in [1.82, 2.24) is 14.5 Å². The van der Waals surface area contributed by atoms with E-state index in [1.54, 1.807) is 6.20 Å². The molecule has 5 nitrogen and oxygen atoms in total. The van der Waals surface area contributed by atoms with E-state index in [0.29, 0.717) is 5.95 Å². The molecule has 0 atom stereocenters. The fourth-order valence-electron chi connectivity index (χ4n) is 2.54. The monoisotopic (exact) mass is 379 g/mol. The van der Waals surface area contributed by atoms with E-state index in [-0.39, 0.29) is 0 Å². The standard InChI is InChI=1S/C14H12IN4O/c16-14-17-6-5-10(18-14)12-9-3-1-2-4-11(9)19-7-8-20-15-13(12)19/h1-6H,7-8H2,(H2,16,17,18)/q-1. The van der Waals surface area contributed by atoms with Crippen LogP contribution in [0.3, 0.4) is 0 Å². The number of nitrogens with two attached hydrogens (primary N) is 1. The van der Waals surface area contributed by atoms with Gasteiger partial charge in [-0.05, 0) is 0 Å². The van der Waals surface area contributed by atoms with E-state index in [2.05, 4.69) is 38.8 Å². The fraction of sp³-hybridized carbons (Fsp3) is 0.143. The Balaban J connectivity index is 2.08.